The second kappa shape index (κ2) is 6.96. The van der Waals surface area contributed by atoms with Gasteiger partial charge in [0, 0.05) is 11.1 Å². The van der Waals surface area contributed by atoms with Crippen LogP contribution >= 0.6 is 11.3 Å². The SMILES string of the molecule is Cc1ccc([C@H](OC(=O)c2cccs2)C(=O)NC(C)(C)C)cc1. The van der Waals surface area contributed by atoms with Gasteiger partial charge in [0.05, 0.1) is 0 Å². The van der Waals surface area contributed by atoms with Gasteiger partial charge in [-0.25, -0.2) is 4.79 Å². The Balaban J connectivity index is 2.25. The van der Waals surface area contributed by atoms with Crippen molar-refractivity contribution >= 4 is 23.2 Å². The molecule has 0 bridgehead atoms. The van der Waals surface area contributed by atoms with Gasteiger partial charge < -0.3 is 10.1 Å². The van der Waals surface area contributed by atoms with Crippen molar-refractivity contribution in [3.8, 4) is 0 Å². The van der Waals surface area contributed by atoms with Crippen LogP contribution in [0.5, 0.6) is 0 Å². The first kappa shape index (κ1) is 17.2. The quantitative estimate of drug-likeness (QED) is 0.865. The van der Waals surface area contributed by atoms with Crippen LogP contribution in [-0.4, -0.2) is 17.4 Å². The van der Waals surface area contributed by atoms with Crippen LogP contribution < -0.4 is 5.32 Å². The Bertz CT molecular complexity index is 669. The average molecular weight is 331 g/mol. The normalized spacial score (nSPS) is 12.5. The Morgan fingerprint density at radius 3 is 2.30 bits per heavy atom. The number of rotatable bonds is 4. The zero-order valence-electron chi connectivity index (χ0n) is 13.8. The summed E-state index contributed by atoms with van der Waals surface area (Å²) >= 11 is 1.29. The molecule has 1 aromatic heterocycles. The Labute approximate surface area is 140 Å². The van der Waals surface area contributed by atoms with E-state index in [9.17, 15) is 9.59 Å². The fraction of sp³-hybridized carbons (Fsp3) is 0.333. The lowest BCUT2D eigenvalue weighted by Gasteiger charge is -2.25. The van der Waals surface area contributed by atoms with E-state index < -0.39 is 17.6 Å². The molecule has 5 heteroatoms. The number of benzene rings is 1. The van der Waals surface area contributed by atoms with Gasteiger partial charge in [-0.15, -0.1) is 11.3 Å². The largest absolute Gasteiger partial charge is 0.443 e. The van der Waals surface area contributed by atoms with Crippen LogP contribution in [0.1, 0.15) is 47.7 Å². The maximum absolute atomic E-state index is 12.6. The molecule has 0 aliphatic carbocycles. The van der Waals surface area contributed by atoms with E-state index in [4.69, 9.17) is 4.74 Å². The number of carbonyl (C=O) groups excluding carboxylic acids is 2. The lowest BCUT2D eigenvalue weighted by atomic mass is 10.0. The van der Waals surface area contributed by atoms with Gasteiger partial charge in [0.25, 0.3) is 5.91 Å². The minimum atomic E-state index is -0.968. The van der Waals surface area contributed by atoms with Crippen LogP contribution in [0.15, 0.2) is 41.8 Å². The van der Waals surface area contributed by atoms with Crippen molar-refractivity contribution in [2.75, 3.05) is 0 Å². The molecular formula is C18H21NO3S. The number of hydrogen-bond donors (Lipinski definition) is 1. The Hall–Kier alpha value is -2.14. The standard InChI is InChI=1S/C18H21NO3S/c1-12-7-9-13(10-8-12)15(16(20)19-18(2,3)4)22-17(21)14-6-5-11-23-14/h5-11,15H,1-4H3,(H,19,20)/t15-/m0/s1. The van der Waals surface area contributed by atoms with Crippen molar-refractivity contribution < 1.29 is 14.3 Å². The molecule has 0 radical (unpaired) electrons. The first-order valence-electron chi connectivity index (χ1n) is 7.39. The lowest BCUT2D eigenvalue weighted by Crippen LogP contribution is -2.44. The fourth-order valence-corrected chi connectivity index (χ4v) is 2.61. The van der Waals surface area contributed by atoms with Gasteiger partial charge in [-0.3, -0.25) is 4.79 Å². The summed E-state index contributed by atoms with van der Waals surface area (Å²) in [5.41, 5.74) is 1.32. The number of amides is 1. The maximum atomic E-state index is 12.6. The van der Waals surface area contributed by atoms with Crippen molar-refractivity contribution in [2.24, 2.45) is 0 Å². The highest BCUT2D eigenvalue weighted by Gasteiger charge is 2.28. The highest BCUT2D eigenvalue weighted by Crippen LogP contribution is 2.22. The van der Waals surface area contributed by atoms with Crippen LogP contribution in [0.2, 0.25) is 0 Å². The molecule has 2 rings (SSSR count). The van der Waals surface area contributed by atoms with Gasteiger partial charge in [-0.05, 0) is 39.1 Å². The molecule has 4 nitrogen and oxygen atoms in total. The van der Waals surface area contributed by atoms with E-state index in [1.54, 1.807) is 17.5 Å². The Kier molecular flexibility index (Phi) is 5.21. The molecule has 1 amide bonds. The van der Waals surface area contributed by atoms with Gasteiger partial charge in [0.2, 0.25) is 6.10 Å². The zero-order chi connectivity index (χ0) is 17.0. The number of carbonyl (C=O) groups is 2. The van der Waals surface area contributed by atoms with Crippen LogP contribution in [0.25, 0.3) is 0 Å². The molecule has 0 saturated heterocycles. The van der Waals surface area contributed by atoms with Crippen molar-refractivity contribution in [3.05, 3.63) is 57.8 Å². The molecule has 23 heavy (non-hydrogen) atoms. The molecule has 0 saturated carbocycles. The highest BCUT2D eigenvalue weighted by molar-refractivity contribution is 7.11. The minimum Gasteiger partial charge on any atom is -0.443 e. The van der Waals surface area contributed by atoms with E-state index >= 15 is 0 Å². The summed E-state index contributed by atoms with van der Waals surface area (Å²) < 4.78 is 5.49. The first-order chi connectivity index (χ1) is 10.8. The molecule has 0 aliphatic rings. The monoisotopic (exact) mass is 331 g/mol. The van der Waals surface area contributed by atoms with Crippen molar-refractivity contribution in [1.82, 2.24) is 5.32 Å². The predicted octanol–water partition coefficient (Wildman–Crippen LogP) is 3.87. The number of nitrogens with one attached hydrogen (secondary N) is 1. The number of esters is 1. The lowest BCUT2D eigenvalue weighted by molar-refractivity contribution is -0.131. The molecule has 0 aliphatic heterocycles. The third kappa shape index (κ3) is 4.93. The molecule has 0 fully saturated rings. The number of ether oxygens (including phenoxy) is 1. The average Bonchev–Trinajstić information content (AvgIpc) is 2.98. The van der Waals surface area contributed by atoms with E-state index in [0.717, 1.165) is 5.56 Å². The summed E-state index contributed by atoms with van der Waals surface area (Å²) in [4.78, 5) is 25.3. The second-order valence-corrected chi connectivity index (χ2v) is 7.36. The minimum absolute atomic E-state index is 0.328. The van der Waals surface area contributed by atoms with Crippen molar-refractivity contribution in [1.29, 1.82) is 0 Å². The number of hydrogen-bond acceptors (Lipinski definition) is 4. The molecule has 0 unspecified atom stereocenters. The molecule has 1 N–H and O–H groups in total. The van der Waals surface area contributed by atoms with Crippen molar-refractivity contribution in [3.63, 3.8) is 0 Å². The Morgan fingerprint density at radius 1 is 1.13 bits per heavy atom. The highest BCUT2D eigenvalue weighted by atomic mass is 32.1. The molecular weight excluding hydrogens is 310 g/mol. The fourth-order valence-electron chi connectivity index (χ4n) is 2.01. The van der Waals surface area contributed by atoms with Crippen LogP contribution in [0, 0.1) is 6.92 Å². The van der Waals surface area contributed by atoms with E-state index in [0.29, 0.717) is 10.4 Å². The smallest absolute Gasteiger partial charge is 0.349 e. The molecule has 122 valence electrons. The van der Waals surface area contributed by atoms with Gasteiger partial charge in [0.15, 0.2) is 0 Å². The summed E-state index contributed by atoms with van der Waals surface area (Å²) in [6.07, 6.45) is -0.968. The molecule has 1 aromatic carbocycles. The molecule has 2 aromatic rings. The van der Waals surface area contributed by atoms with Gasteiger partial charge in [0.1, 0.15) is 4.88 Å². The molecule has 1 atom stereocenters. The van der Waals surface area contributed by atoms with Gasteiger partial charge in [-0.2, -0.15) is 0 Å². The second-order valence-electron chi connectivity index (χ2n) is 6.41. The first-order valence-corrected chi connectivity index (χ1v) is 8.27. The van der Waals surface area contributed by atoms with Crippen molar-refractivity contribution in [2.45, 2.75) is 39.3 Å². The van der Waals surface area contributed by atoms with Gasteiger partial charge >= 0.3 is 5.97 Å². The maximum Gasteiger partial charge on any atom is 0.349 e. The van der Waals surface area contributed by atoms with Crippen LogP contribution in [0.4, 0.5) is 0 Å². The molecule has 1 heterocycles. The zero-order valence-corrected chi connectivity index (χ0v) is 14.6. The topological polar surface area (TPSA) is 55.4 Å². The third-order valence-electron chi connectivity index (χ3n) is 3.06. The number of aryl methyl sites for hydroxylation is 1. The molecule has 0 spiro atoms. The summed E-state index contributed by atoms with van der Waals surface area (Å²) in [7, 11) is 0. The summed E-state index contributed by atoms with van der Waals surface area (Å²) in [5.74, 6) is -0.819. The Morgan fingerprint density at radius 2 is 1.78 bits per heavy atom. The predicted molar refractivity (Wildman–Crippen MR) is 91.6 cm³/mol. The van der Waals surface area contributed by atoms with Crippen LogP contribution in [-0.2, 0) is 9.53 Å². The number of thiophene rings is 1. The van der Waals surface area contributed by atoms with E-state index in [1.807, 2.05) is 52.0 Å². The summed E-state index contributed by atoms with van der Waals surface area (Å²) in [5, 5.41) is 4.67. The van der Waals surface area contributed by atoms with E-state index in [1.165, 1.54) is 11.3 Å². The van der Waals surface area contributed by atoms with E-state index in [-0.39, 0.29) is 5.91 Å². The summed E-state index contributed by atoms with van der Waals surface area (Å²) in [6, 6.07) is 10.9. The third-order valence-corrected chi connectivity index (χ3v) is 3.91. The van der Waals surface area contributed by atoms with E-state index in [2.05, 4.69) is 5.32 Å². The summed E-state index contributed by atoms with van der Waals surface area (Å²) in [6.45, 7) is 7.63. The van der Waals surface area contributed by atoms with Crippen LogP contribution in [0.3, 0.4) is 0 Å². The van der Waals surface area contributed by atoms with Gasteiger partial charge in [-0.1, -0.05) is 35.9 Å².